The summed E-state index contributed by atoms with van der Waals surface area (Å²) in [5.74, 6) is -0.540. The summed E-state index contributed by atoms with van der Waals surface area (Å²) >= 11 is 5.80. The van der Waals surface area contributed by atoms with Crippen LogP contribution in [0, 0.1) is 0 Å². The third-order valence-corrected chi connectivity index (χ3v) is 5.35. The molecular weight excluding hydrogens is 398 g/mol. The molecule has 0 unspecified atom stereocenters. The Morgan fingerprint density at radius 2 is 1.54 bits per heavy atom. The molecule has 3 aromatic rings. The number of hydrogen-bond donors (Lipinski definition) is 2. The fourth-order valence-corrected chi connectivity index (χ4v) is 3.56. The van der Waals surface area contributed by atoms with E-state index < -0.39 is 15.9 Å². The Hall–Kier alpha value is -3.16. The van der Waals surface area contributed by atoms with Gasteiger partial charge in [-0.3, -0.25) is 9.52 Å². The Labute approximate surface area is 167 Å². The average Bonchev–Trinajstić information content (AvgIpc) is 2.69. The molecule has 0 spiro atoms. The van der Waals surface area contributed by atoms with Crippen molar-refractivity contribution in [2.24, 2.45) is 5.10 Å². The quantitative estimate of drug-likeness (QED) is 0.474. The number of hydrogen-bond acceptors (Lipinski definition) is 4. The van der Waals surface area contributed by atoms with E-state index in [1.54, 1.807) is 12.1 Å². The topological polar surface area (TPSA) is 87.6 Å². The van der Waals surface area contributed by atoms with Gasteiger partial charge in [0.15, 0.2) is 0 Å². The molecule has 0 aliphatic heterocycles. The minimum Gasteiger partial charge on any atom is -0.279 e. The molecule has 0 aromatic heterocycles. The number of carbonyl (C=O) groups is 1. The molecule has 142 valence electrons. The molecule has 2 N–H and O–H groups in total. The summed E-state index contributed by atoms with van der Waals surface area (Å²) in [6.07, 6.45) is 1.50. The van der Waals surface area contributed by atoms with Gasteiger partial charge in [-0.05, 0) is 42.0 Å². The number of nitrogens with zero attached hydrogens (tertiary/aromatic N) is 1. The maximum absolute atomic E-state index is 12.6. The van der Waals surface area contributed by atoms with Crippen LogP contribution in [0.4, 0.5) is 5.69 Å². The van der Waals surface area contributed by atoms with E-state index in [9.17, 15) is 13.2 Å². The summed E-state index contributed by atoms with van der Waals surface area (Å²) in [6.45, 7) is 0. The van der Waals surface area contributed by atoms with Crippen LogP contribution in [0.15, 0.2) is 88.9 Å². The molecule has 0 bridgehead atoms. The van der Waals surface area contributed by atoms with Crippen molar-refractivity contribution in [3.05, 3.63) is 95.0 Å². The van der Waals surface area contributed by atoms with Gasteiger partial charge in [-0.1, -0.05) is 54.1 Å². The van der Waals surface area contributed by atoms with Crippen LogP contribution < -0.4 is 10.1 Å². The number of anilines is 1. The Bertz CT molecular complexity index is 1100. The second kappa shape index (κ2) is 8.69. The molecular formula is C20H16ClN3O3S. The molecule has 0 fully saturated rings. The lowest BCUT2D eigenvalue weighted by molar-refractivity contribution is 0.0956. The first-order chi connectivity index (χ1) is 13.5. The summed E-state index contributed by atoms with van der Waals surface area (Å²) in [5.41, 5.74) is 3.51. The minimum atomic E-state index is -3.88. The summed E-state index contributed by atoms with van der Waals surface area (Å²) in [5, 5.41) is 4.33. The van der Waals surface area contributed by atoms with Gasteiger partial charge >= 0.3 is 0 Å². The molecule has 0 aliphatic rings. The van der Waals surface area contributed by atoms with Gasteiger partial charge in [0.1, 0.15) is 0 Å². The van der Waals surface area contributed by atoms with Gasteiger partial charge in [0, 0.05) is 5.02 Å². The third kappa shape index (κ3) is 4.97. The number of hydrazone groups is 1. The highest BCUT2D eigenvalue weighted by atomic mass is 35.5. The average molecular weight is 414 g/mol. The highest BCUT2D eigenvalue weighted by Gasteiger charge is 2.18. The molecule has 28 heavy (non-hydrogen) atoms. The zero-order chi connectivity index (χ0) is 20.0. The first kappa shape index (κ1) is 19.6. The number of carbonyl (C=O) groups excluding carboxylic acids is 1. The predicted octanol–water partition coefficient (Wildman–Crippen LogP) is 3.90. The minimum absolute atomic E-state index is 0.0363. The van der Waals surface area contributed by atoms with E-state index in [0.29, 0.717) is 5.02 Å². The standard InChI is InChI=1S/C20H16ClN3O3S/c21-16-10-12-17(13-11-16)28(26,27)24-19-9-5-4-8-18(19)20(25)23-22-14-15-6-2-1-3-7-15/h1-14,24H,(H,23,25)/b22-14+. The summed E-state index contributed by atoms with van der Waals surface area (Å²) < 4.78 is 27.6. The first-order valence-corrected chi connectivity index (χ1v) is 10.1. The van der Waals surface area contributed by atoms with Crippen LogP contribution in [0.1, 0.15) is 15.9 Å². The van der Waals surface area contributed by atoms with Gasteiger partial charge in [-0.25, -0.2) is 13.8 Å². The van der Waals surface area contributed by atoms with Crippen molar-refractivity contribution in [1.82, 2.24) is 5.43 Å². The third-order valence-electron chi connectivity index (χ3n) is 3.72. The van der Waals surface area contributed by atoms with Gasteiger partial charge in [-0.15, -0.1) is 0 Å². The zero-order valence-electron chi connectivity index (χ0n) is 14.5. The Balaban J connectivity index is 1.78. The van der Waals surface area contributed by atoms with Crippen LogP contribution >= 0.6 is 11.6 Å². The summed E-state index contributed by atoms with van der Waals surface area (Å²) in [7, 11) is -3.88. The Morgan fingerprint density at radius 1 is 0.893 bits per heavy atom. The molecule has 0 radical (unpaired) electrons. The second-order valence-electron chi connectivity index (χ2n) is 5.71. The van der Waals surface area contributed by atoms with E-state index in [1.807, 2.05) is 30.3 Å². The number of amides is 1. The van der Waals surface area contributed by atoms with Gasteiger partial charge in [0.2, 0.25) is 0 Å². The van der Waals surface area contributed by atoms with E-state index in [-0.39, 0.29) is 16.1 Å². The lowest BCUT2D eigenvalue weighted by Crippen LogP contribution is -2.21. The van der Waals surface area contributed by atoms with E-state index >= 15 is 0 Å². The van der Waals surface area contributed by atoms with E-state index in [1.165, 1.54) is 42.6 Å². The van der Waals surface area contributed by atoms with E-state index in [4.69, 9.17) is 11.6 Å². The number of nitrogens with one attached hydrogen (secondary N) is 2. The van der Waals surface area contributed by atoms with Crippen molar-refractivity contribution in [2.75, 3.05) is 4.72 Å². The van der Waals surface area contributed by atoms with Gasteiger partial charge in [-0.2, -0.15) is 5.10 Å². The largest absolute Gasteiger partial charge is 0.279 e. The number of benzene rings is 3. The molecule has 0 saturated heterocycles. The Kier molecular flexibility index (Phi) is 6.08. The van der Waals surface area contributed by atoms with Crippen molar-refractivity contribution in [3.8, 4) is 0 Å². The highest BCUT2D eigenvalue weighted by Crippen LogP contribution is 2.21. The van der Waals surface area contributed by atoms with Crippen molar-refractivity contribution in [1.29, 1.82) is 0 Å². The van der Waals surface area contributed by atoms with Gasteiger partial charge in [0.25, 0.3) is 15.9 Å². The molecule has 6 nitrogen and oxygen atoms in total. The van der Waals surface area contributed by atoms with Crippen molar-refractivity contribution in [3.63, 3.8) is 0 Å². The SMILES string of the molecule is O=C(N/N=C/c1ccccc1)c1ccccc1NS(=O)(=O)c1ccc(Cl)cc1. The van der Waals surface area contributed by atoms with Crippen LogP contribution in [0.2, 0.25) is 5.02 Å². The fraction of sp³-hybridized carbons (Fsp3) is 0. The number of halogens is 1. The highest BCUT2D eigenvalue weighted by molar-refractivity contribution is 7.92. The summed E-state index contributed by atoms with van der Waals surface area (Å²) in [6, 6.07) is 21.3. The van der Waals surface area contributed by atoms with E-state index in [2.05, 4.69) is 15.2 Å². The van der Waals surface area contributed by atoms with Crippen LogP contribution in [0.5, 0.6) is 0 Å². The molecule has 1 amide bonds. The van der Waals surface area contributed by atoms with Gasteiger partial charge < -0.3 is 0 Å². The van der Waals surface area contributed by atoms with Crippen LogP contribution in [0.25, 0.3) is 0 Å². The van der Waals surface area contributed by atoms with E-state index in [0.717, 1.165) is 5.56 Å². The maximum atomic E-state index is 12.6. The molecule has 0 heterocycles. The Morgan fingerprint density at radius 3 is 2.25 bits per heavy atom. The second-order valence-corrected chi connectivity index (χ2v) is 7.83. The maximum Gasteiger partial charge on any atom is 0.273 e. The lowest BCUT2D eigenvalue weighted by atomic mass is 10.2. The first-order valence-electron chi connectivity index (χ1n) is 8.21. The van der Waals surface area contributed by atoms with Crippen molar-refractivity contribution in [2.45, 2.75) is 4.90 Å². The molecule has 3 rings (SSSR count). The monoisotopic (exact) mass is 413 g/mol. The molecule has 8 heteroatoms. The smallest absolute Gasteiger partial charge is 0.273 e. The van der Waals surface area contributed by atoms with Crippen molar-refractivity contribution < 1.29 is 13.2 Å². The molecule has 3 aromatic carbocycles. The molecule has 0 saturated carbocycles. The number of rotatable bonds is 6. The molecule has 0 atom stereocenters. The van der Waals surface area contributed by atoms with Gasteiger partial charge in [0.05, 0.1) is 22.4 Å². The fourth-order valence-electron chi connectivity index (χ4n) is 2.35. The molecule has 0 aliphatic carbocycles. The zero-order valence-corrected chi connectivity index (χ0v) is 16.1. The number of sulfonamides is 1. The summed E-state index contributed by atoms with van der Waals surface area (Å²) in [4.78, 5) is 12.5. The van der Waals surface area contributed by atoms with Crippen LogP contribution in [0.3, 0.4) is 0 Å². The van der Waals surface area contributed by atoms with Crippen LogP contribution in [-0.2, 0) is 10.0 Å². The predicted molar refractivity (Wildman–Crippen MR) is 110 cm³/mol. The normalized spacial score (nSPS) is 11.3. The van der Waals surface area contributed by atoms with Crippen LogP contribution in [-0.4, -0.2) is 20.5 Å². The van der Waals surface area contributed by atoms with Crippen molar-refractivity contribution >= 4 is 39.4 Å². The number of para-hydroxylation sites is 1. The lowest BCUT2D eigenvalue weighted by Gasteiger charge is -2.11.